The number of rotatable bonds is 8. The van der Waals surface area contributed by atoms with Crippen LogP contribution >= 0.6 is 0 Å². The Kier molecular flexibility index (Phi) is 6.72. The summed E-state index contributed by atoms with van der Waals surface area (Å²) in [6.45, 7) is 2.93. The first-order chi connectivity index (χ1) is 8.72. The fraction of sp³-hybridized carbons (Fsp3) is 0.571. The van der Waals surface area contributed by atoms with Gasteiger partial charge in [-0.15, -0.1) is 0 Å². The lowest BCUT2D eigenvalue weighted by Crippen LogP contribution is -2.42. The second-order valence-corrected chi connectivity index (χ2v) is 4.55. The van der Waals surface area contributed by atoms with Crippen molar-refractivity contribution < 1.29 is 9.47 Å². The van der Waals surface area contributed by atoms with Crippen LogP contribution in [0.3, 0.4) is 0 Å². The molecule has 0 spiro atoms. The van der Waals surface area contributed by atoms with Crippen molar-refractivity contribution in [3.8, 4) is 5.75 Å². The fourth-order valence-corrected chi connectivity index (χ4v) is 2.04. The highest BCUT2D eigenvalue weighted by molar-refractivity contribution is 5.33. The molecular weight excluding hydrogens is 228 g/mol. The Bertz CT molecular complexity index is 344. The van der Waals surface area contributed by atoms with Crippen molar-refractivity contribution in [1.29, 1.82) is 0 Å². The SMILES string of the molecule is COCCC(C)C(Cc1ccccc1OC)NN. The second kappa shape index (κ2) is 8.08. The van der Waals surface area contributed by atoms with E-state index in [1.165, 1.54) is 5.56 Å². The lowest BCUT2D eigenvalue weighted by molar-refractivity contribution is 0.170. The summed E-state index contributed by atoms with van der Waals surface area (Å²) in [5.74, 6) is 7.01. The van der Waals surface area contributed by atoms with Crippen molar-refractivity contribution in [2.75, 3.05) is 20.8 Å². The summed E-state index contributed by atoms with van der Waals surface area (Å²) in [7, 11) is 3.41. The second-order valence-electron chi connectivity index (χ2n) is 4.55. The van der Waals surface area contributed by atoms with Gasteiger partial charge >= 0.3 is 0 Å². The molecule has 1 rings (SSSR count). The molecule has 0 aliphatic heterocycles. The van der Waals surface area contributed by atoms with Crippen LogP contribution in [0, 0.1) is 5.92 Å². The number of hydrogen-bond donors (Lipinski definition) is 2. The van der Waals surface area contributed by atoms with Crippen molar-refractivity contribution in [2.45, 2.75) is 25.8 Å². The maximum absolute atomic E-state index is 5.65. The molecule has 2 unspecified atom stereocenters. The summed E-state index contributed by atoms with van der Waals surface area (Å²) in [6, 6.07) is 8.26. The Morgan fingerprint density at radius 3 is 2.61 bits per heavy atom. The molecule has 102 valence electrons. The number of ether oxygens (including phenoxy) is 2. The Balaban J connectivity index is 2.66. The predicted octanol–water partition coefficient (Wildman–Crippen LogP) is 1.74. The minimum absolute atomic E-state index is 0.219. The Morgan fingerprint density at radius 1 is 1.28 bits per heavy atom. The third kappa shape index (κ3) is 4.29. The van der Waals surface area contributed by atoms with Gasteiger partial charge in [0, 0.05) is 19.8 Å². The number of benzene rings is 1. The molecule has 0 amide bonds. The molecule has 4 nitrogen and oxygen atoms in total. The largest absolute Gasteiger partial charge is 0.496 e. The Morgan fingerprint density at radius 2 is 2.00 bits per heavy atom. The third-order valence-corrected chi connectivity index (χ3v) is 3.31. The molecule has 0 saturated heterocycles. The van der Waals surface area contributed by atoms with Gasteiger partial charge in [-0.1, -0.05) is 25.1 Å². The van der Waals surface area contributed by atoms with Gasteiger partial charge in [-0.25, -0.2) is 0 Å². The van der Waals surface area contributed by atoms with E-state index in [4.69, 9.17) is 15.3 Å². The maximum Gasteiger partial charge on any atom is 0.122 e. The normalized spacial score (nSPS) is 14.2. The molecule has 0 bridgehead atoms. The minimum Gasteiger partial charge on any atom is -0.496 e. The minimum atomic E-state index is 0.219. The first kappa shape index (κ1) is 15.0. The van der Waals surface area contributed by atoms with Crippen LogP contribution in [0.4, 0.5) is 0 Å². The standard InChI is InChI=1S/C14H24N2O2/c1-11(8-9-17-2)13(16-15)10-12-6-4-5-7-14(12)18-3/h4-7,11,13,16H,8-10,15H2,1-3H3. The summed E-state index contributed by atoms with van der Waals surface area (Å²) >= 11 is 0. The van der Waals surface area contributed by atoms with E-state index in [-0.39, 0.29) is 6.04 Å². The van der Waals surface area contributed by atoms with E-state index < -0.39 is 0 Å². The summed E-state index contributed by atoms with van der Waals surface area (Å²) in [6.07, 6.45) is 1.84. The van der Waals surface area contributed by atoms with E-state index in [0.29, 0.717) is 5.92 Å². The molecule has 0 fully saturated rings. The third-order valence-electron chi connectivity index (χ3n) is 3.31. The van der Waals surface area contributed by atoms with Crippen LogP contribution in [0.1, 0.15) is 18.9 Å². The van der Waals surface area contributed by atoms with Gasteiger partial charge in [-0.2, -0.15) is 0 Å². The quantitative estimate of drug-likeness (QED) is 0.546. The van der Waals surface area contributed by atoms with Crippen molar-refractivity contribution in [2.24, 2.45) is 11.8 Å². The first-order valence-electron chi connectivity index (χ1n) is 6.29. The summed E-state index contributed by atoms with van der Waals surface area (Å²) in [4.78, 5) is 0. The van der Waals surface area contributed by atoms with Gasteiger partial charge in [0.25, 0.3) is 0 Å². The van der Waals surface area contributed by atoms with Gasteiger partial charge in [-0.05, 0) is 30.4 Å². The maximum atomic E-state index is 5.65. The molecule has 0 aliphatic carbocycles. The van der Waals surface area contributed by atoms with Crippen LogP contribution in [0.2, 0.25) is 0 Å². The van der Waals surface area contributed by atoms with Crippen molar-refractivity contribution in [3.63, 3.8) is 0 Å². The number of nitrogens with two attached hydrogens (primary N) is 1. The van der Waals surface area contributed by atoms with Crippen LogP contribution in [-0.2, 0) is 11.2 Å². The summed E-state index contributed by atoms with van der Waals surface area (Å²) in [5, 5.41) is 0. The molecule has 0 saturated carbocycles. The molecule has 0 aliphatic rings. The Hall–Kier alpha value is -1.10. The van der Waals surface area contributed by atoms with Crippen LogP contribution in [0.5, 0.6) is 5.75 Å². The Labute approximate surface area is 109 Å². The molecule has 1 aromatic rings. The monoisotopic (exact) mass is 252 g/mol. The van der Waals surface area contributed by atoms with Crippen LogP contribution in [0.15, 0.2) is 24.3 Å². The van der Waals surface area contributed by atoms with Crippen LogP contribution in [0.25, 0.3) is 0 Å². The highest BCUT2D eigenvalue weighted by atomic mass is 16.5. The van der Waals surface area contributed by atoms with Crippen molar-refractivity contribution in [3.05, 3.63) is 29.8 Å². The average molecular weight is 252 g/mol. The smallest absolute Gasteiger partial charge is 0.122 e. The number of methoxy groups -OCH3 is 2. The molecule has 1 aromatic carbocycles. The molecule has 3 N–H and O–H groups in total. The highest BCUT2D eigenvalue weighted by Gasteiger charge is 2.17. The lowest BCUT2D eigenvalue weighted by atomic mass is 9.93. The predicted molar refractivity (Wildman–Crippen MR) is 73.5 cm³/mol. The fourth-order valence-electron chi connectivity index (χ4n) is 2.04. The first-order valence-corrected chi connectivity index (χ1v) is 6.29. The number of hydrazine groups is 1. The number of para-hydroxylation sites is 1. The average Bonchev–Trinajstić information content (AvgIpc) is 2.42. The van der Waals surface area contributed by atoms with E-state index in [1.54, 1.807) is 14.2 Å². The van der Waals surface area contributed by atoms with Gasteiger partial charge in [0.15, 0.2) is 0 Å². The molecule has 0 radical (unpaired) electrons. The molecule has 4 heteroatoms. The van der Waals surface area contributed by atoms with Crippen LogP contribution in [-0.4, -0.2) is 26.9 Å². The van der Waals surface area contributed by atoms with Crippen LogP contribution < -0.4 is 16.0 Å². The van der Waals surface area contributed by atoms with Gasteiger partial charge in [0.1, 0.15) is 5.75 Å². The van der Waals surface area contributed by atoms with E-state index in [9.17, 15) is 0 Å². The van der Waals surface area contributed by atoms with Gasteiger partial charge < -0.3 is 9.47 Å². The van der Waals surface area contributed by atoms with Gasteiger partial charge in [0.05, 0.1) is 7.11 Å². The summed E-state index contributed by atoms with van der Waals surface area (Å²) in [5.41, 5.74) is 4.07. The molecule has 0 aromatic heterocycles. The molecule has 0 heterocycles. The highest BCUT2D eigenvalue weighted by Crippen LogP contribution is 2.21. The van der Waals surface area contributed by atoms with Crippen molar-refractivity contribution >= 4 is 0 Å². The summed E-state index contributed by atoms with van der Waals surface area (Å²) < 4.78 is 10.5. The molecular formula is C14H24N2O2. The molecule has 18 heavy (non-hydrogen) atoms. The zero-order valence-corrected chi connectivity index (χ0v) is 11.5. The van der Waals surface area contributed by atoms with Crippen molar-refractivity contribution in [1.82, 2.24) is 5.43 Å². The van der Waals surface area contributed by atoms with E-state index >= 15 is 0 Å². The van der Waals surface area contributed by atoms with Gasteiger partial charge in [-0.3, -0.25) is 11.3 Å². The number of nitrogens with one attached hydrogen (secondary N) is 1. The van der Waals surface area contributed by atoms with E-state index in [2.05, 4.69) is 18.4 Å². The lowest BCUT2D eigenvalue weighted by Gasteiger charge is -2.23. The van der Waals surface area contributed by atoms with E-state index in [1.807, 2.05) is 18.2 Å². The zero-order valence-electron chi connectivity index (χ0n) is 11.5. The van der Waals surface area contributed by atoms with Gasteiger partial charge in [0.2, 0.25) is 0 Å². The number of hydrogen-bond acceptors (Lipinski definition) is 4. The van der Waals surface area contributed by atoms with E-state index in [0.717, 1.165) is 25.2 Å². The topological polar surface area (TPSA) is 56.5 Å². The molecule has 2 atom stereocenters. The zero-order chi connectivity index (χ0) is 13.4.